The number of unbranched alkanes of at least 4 members (excludes halogenated alkanes) is 1. The van der Waals surface area contributed by atoms with Crippen LogP contribution in [-0.2, 0) is 6.42 Å². The van der Waals surface area contributed by atoms with E-state index < -0.39 is 0 Å². The second kappa shape index (κ2) is 6.79. The van der Waals surface area contributed by atoms with Gasteiger partial charge in [0, 0.05) is 19.0 Å². The number of hydrogen-bond donors (Lipinski definition) is 2. The zero-order valence-electron chi connectivity index (χ0n) is 14.5. The Balaban J connectivity index is 1.67. The molecule has 0 spiro atoms. The predicted molar refractivity (Wildman–Crippen MR) is 96.7 cm³/mol. The number of likely N-dealkylation sites (tertiary alicyclic amines) is 1. The molecule has 1 aliphatic heterocycles. The van der Waals surface area contributed by atoms with Gasteiger partial charge < -0.3 is 15.5 Å². The van der Waals surface area contributed by atoms with E-state index in [4.69, 9.17) is 5.73 Å². The minimum absolute atomic E-state index is 0.760. The molecule has 1 fully saturated rings. The number of pyridine rings is 1. The van der Waals surface area contributed by atoms with E-state index in [1.807, 2.05) is 4.52 Å². The Morgan fingerprint density at radius 2 is 2.09 bits per heavy atom. The lowest BCUT2D eigenvalue weighted by Crippen LogP contribution is -2.44. The molecule has 0 unspecified atom stereocenters. The highest BCUT2D eigenvalue weighted by Crippen LogP contribution is 2.24. The summed E-state index contributed by atoms with van der Waals surface area (Å²) in [6.45, 7) is 6.87. The van der Waals surface area contributed by atoms with Gasteiger partial charge in [0.15, 0.2) is 5.82 Å². The van der Waals surface area contributed by atoms with Crippen molar-refractivity contribution in [3.05, 3.63) is 23.9 Å². The molecular formula is C18H30N5+. The molecule has 5 nitrogen and oxygen atoms in total. The first kappa shape index (κ1) is 16.1. The lowest BCUT2D eigenvalue weighted by Gasteiger charge is -2.29. The number of nitrogens with one attached hydrogen (secondary N) is 1. The monoisotopic (exact) mass is 316 g/mol. The largest absolute Gasteiger partial charge is 0.394 e. The SMILES string of the molecule is CCCCc1ccc2c(N)c(NCC[N+]3(C)CCCC3)nn2c1. The lowest BCUT2D eigenvalue weighted by molar-refractivity contribution is -0.895. The number of aromatic nitrogens is 2. The average molecular weight is 316 g/mol. The van der Waals surface area contributed by atoms with Crippen LogP contribution in [0, 0.1) is 0 Å². The molecule has 23 heavy (non-hydrogen) atoms. The van der Waals surface area contributed by atoms with Crippen LogP contribution in [0.5, 0.6) is 0 Å². The summed E-state index contributed by atoms with van der Waals surface area (Å²) in [4.78, 5) is 0. The number of nitrogens with zero attached hydrogens (tertiary/aromatic N) is 3. The van der Waals surface area contributed by atoms with Crippen LogP contribution in [0.2, 0.25) is 0 Å². The van der Waals surface area contributed by atoms with E-state index in [0.717, 1.165) is 36.5 Å². The van der Waals surface area contributed by atoms with Crippen LogP contribution in [0.25, 0.3) is 5.52 Å². The van der Waals surface area contributed by atoms with Gasteiger partial charge in [0.25, 0.3) is 0 Å². The van der Waals surface area contributed by atoms with E-state index in [2.05, 4.69) is 42.7 Å². The third kappa shape index (κ3) is 3.61. The zero-order chi connectivity index (χ0) is 16.3. The van der Waals surface area contributed by atoms with E-state index in [0.29, 0.717) is 0 Å². The zero-order valence-corrected chi connectivity index (χ0v) is 14.5. The highest BCUT2D eigenvalue weighted by atomic mass is 15.4. The third-order valence-corrected chi connectivity index (χ3v) is 5.14. The molecule has 0 aliphatic carbocycles. The lowest BCUT2D eigenvalue weighted by atomic mass is 10.1. The van der Waals surface area contributed by atoms with Gasteiger partial charge in [0.1, 0.15) is 5.69 Å². The number of hydrogen-bond acceptors (Lipinski definition) is 3. The maximum Gasteiger partial charge on any atom is 0.172 e. The highest BCUT2D eigenvalue weighted by molar-refractivity contribution is 5.80. The molecule has 126 valence electrons. The second-order valence-corrected chi connectivity index (χ2v) is 7.16. The summed E-state index contributed by atoms with van der Waals surface area (Å²) in [5.41, 5.74) is 9.34. The minimum atomic E-state index is 0.760. The van der Waals surface area contributed by atoms with Crippen molar-refractivity contribution < 1.29 is 4.48 Å². The number of fused-ring (bicyclic) bond motifs is 1. The number of aryl methyl sites for hydroxylation is 1. The summed E-state index contributed by atoms with van der Waals surface area (Å²) in [7, 11) is 2.35. The van der Waals surface area contributed by atoms with Gasteiger partial charge in [-0.2, -0.15) is 0 Å². The van der Waals surface area contributed by atoms with Crippen LogP contribution >= 0.6 is 0 Å². The van der Waals surface area contributed by atoms with Crippen molar-refractivity contribution in [3.8, 4) is 0 Å². The van der Waals surface area contributed by atoms with Crippen molar-refractivity contribution in [1.29, 1.82) is 0 Å². The fourth-order valence-corrected chi connectivity index (χ4v) is 3.54. The van der Waals surface area contributed by atoms with Gasteiger partial charge in [-0.1, -0.05) is 19.4 Å². The van der Waals surface area contributed by atoms with Gasteiger partial charge >= 0.3 is 0 Å². The molecule has 0 radical (unpaired) electrons. The molecule has 1 saturated heterocycles. The molecule has 1 aliphatic rings. The van der Waals surface area contributed by atoms with E-state index >= 15 is 0 Å². The van der Waals surface area contributed by atoms with E-state index in [1.165, 1.54) is 48.8 Å². The van der Waals surface area contributed by atoms with Crippen molar-refractivity contribution in [2.45, 2.75) is 39.0 Å². The summed E-state index contributed by atoms with van der Waals surface area (Å²) in [5.74, 6) is 0.823. The van der Waals surface area contributed by atoms with Gasteiger partial charge in [0.2, 0.25) is 0 Å². The second-order valence-electron chi connectivity index (χ2n) is 7.16. The number of quaternary nitrogens is 1. The first-order valence-electron chi connectivity index (χ1n) is 8.95. The normalized spacial score (nSPS) is 17.0. The summed E-state index contributed by atoms with van der Waals surface area (Å²) < 4.78 is 3.09. The van der Waals surface area contributed by atoms with Crippen LogP contribution in [-0.4, -0.2) is 47.3 Å². The number of likely N-dealkylation sites (N-methyl/N-ethyl adjacent to an activating group) is 1. The number of rotatable bonds is 7. The van der Waals surface area contributed by atoms with E-state index in [1.54, 1.807) is 0 Å². The topological polar surface area (TPSA) is 55.3 Å². The van der Waals surface area contributed by atoms with Crippen LogP contribution in [0.3, 0.4) is 0 Å². The van der Waals surface area contributed by atoms with Crippen LogP contribution in [0.1, 0.15) is 38.2 Å². The number of nitrogen functional groups attached to an aromatic ring is 1. The fourth-order valence-electron chi connectivity index (χ4n) is 3.54. The van der Waals surface area contributed by atoms with Crippen molar-refractivity contribution in [3.63, 3.8) is 0 Å². The molecule has 0 aromatic carbocycles. The Morgan fingerprint density at radius 3 is 2.83 bits per heavy atom. The third-order valence-electron chi connectivity index (χ3n) is 5.14. The Kier molecular flexibility index (Phi) is 4.76. The predicted octanol–water partition coefficient (Wildman–Crippen LogP) is 2.91. The van der Waals surface area contributed by atoms with Gasteiger partial charge in [-0.25, -0.2) is 4.52 Å². The molecule has 0 saturated carbocycles. The molecular weight excluding hydrogens is 286 g/mol. The molecule has 2 aromatic heterocycles. The van der Waals surface area contributed by atoms with E-state index in [-0.39, 0.29) is 0 Å². The molecule has 0 atom stereocenters. The van der Waals surface area contributed by atoms with E-state index in [9.17, 15) is 0 Å². The highest BCUT2D eigenvalue weighted by Gasteiger charge is 2.26. The van der Waals surface area contributed by atoms with Crippen LogP contribution in [0.4, 0.5) is 11.5 Å². The molecule has 3 N–H and O–H groups in total. The first-order valence-corrected chi connectivity index (χ1v) is 8.95. The van der Waals surface area contributed by atoms with Crippen LogP contribution in [0.15, 0.2) is 18.3 Å². The van der Waals surface area contributed by atoms with Crippen molar-refractivity contribution >= 4 is 17.0 Å². The van der Waals surface area contributed by atoms with Gasteiger partial charge in [-0.3, -0.25) is 0 Å². The van der Waals surface area contributed by atoms with Crippen molar-refractivity contribution in [2.75, 3.05) is 44.3 Å². The Morgan fingerprint density at radius 1 is 1.30 bits per heavy atom. The maximum absolute atomic E-state index is 6.27. The van der Waals surface area contributed by atoms with Gasteiger partial charge in [-0.05, 0) is 24.5 Å². The standard InChI is InChI=1S/C18H30N5/c1-3-4-7-15-8-9-16-17(19)18(21-22(16)14-15)20-10-13-23(2)11-5-6-12-23/h8-9,14H,3-7,10-13,19H2,1-2H3,(H,20,21)/q+1. The average Bonchev–Trinajstić information content (AvgIpc) is 3.10. The first-order chi connectivity index (χ1) is 11.1. The Bertz CT molecular complexity index is 655. The van der Waals surface area contributed by atoms with Crippen molar-refractivity contribution in [1.82, 2.24) is 9.61 Å². The molecule has 0 bridgehead atoms. The smallest absolute Gasteiger partial charge is 0.172 e. The summed E-state index contributed by atoms with van der Waals surface area (Å²) >= 11 is 0. The van der Waals surface area contributed by atoms with Gasteiger partial charge in [-0.15, -0.1) is 5.10 Å². The maximum atomic E-state index is 6.27. The summed E-state index contributed by atoms with van der Waals surface area (Å²) in [6, 6.07) is 4.26. The summed E-state index contributed by atoms with van der Waals surface area (Å²) in [6.07, 6.45) is 8.35. The molecule has 2 aromatic rings. The Labute approximate surface area is 139 Å². The fraction of sp³-hybridized carbons (Fsp3) is 0.611. The number of anilines is 2. The molecule has 3 rings (SSSR count). The van der Waals surface area contributed by atoms with Crippen LogP contribution < -0.4 is 11.1 Å². The Hall–Kier alpha value is -1.75. The molecule has 0 amide bonds. The number of nitrogens with two attached hydrogens (primary N) is 1. The molecule has 5 heteroatoms. The molecule has 3 heterocycles. The van der Waals surface area contributed by atoms with Gasteiger partial charge in [0.05, 0.1) is 38.7 Å². The minimum Gasteiger partial charge on any atom is -0.394 e. The summed E-state index contributed by atoms with van der Waals surface area (Å²) in [5, 5.41) is 8.09. The van der Waals surface area contributed by atoms with Crippen molar-refractivity contribution in [2.24, 2.45) is 0 Å². The quantitative estimate of drug-likeness (QED) is 0.772.